The molecule has 0 aromatic rings. The zero-order chi connectivity index (χ0) is 15.5. The van der Waals surface area contributed by atoms with Crippen LogP contribution in [0, 0.1) is 0 Å². The Kier molecular flexibility index (Phi) is 4.93. The maximum Gasteiger partial charge on any atom is 0.323 e. The van der Waals surface area contributed by atoms with Crippen LogP contribution in [0.4, 0.5) is 4.79 Å². The van der Waals surface area contributed by atoms with Gasteiger partial charge in [0, 0.05) is 25.2 Å². The number of amides is 2. The predicted octanol–water partition coefficient (Wildman–Crippen LogP) is -0.396. The van der Waals surface area contributed by atoms with Crippen molar-refractivity contribution in [1.29, 1.82) is 0 Å². The summed E-state index contributed by atoms with van der Waals surface area (Å²) in [5.41, 5.74) is -0.230. The van der Waals surface area contributed by atoms with Gasteiger partial charge in [-0.25, -0.2) is 4.79 Å². The molecular formula is C12H21N3O5. The summed E-state index contributed by atoms with van der Waals surface area (Å²) in [4.78, 5) is 38.2. The van der Waals surface area contributed by atoms with Crippen LogP contribution in [0.2, 0.25) is 0 Å². The molecule has 20 heavy (non-hydrogen) atoms. The van der Waals surface area contributed by atoms with E-state index in [0.29, 0.717) is 19.6 Å². The lowest BCUT2D eigenvalue weighted by Gasteiger charge is -2.46. The largest absolute Gasteiger partial charge is 0.480 e. The summed E-state index contributed by atoms with van der Waals surface area (Å²) in [5.74, 6) is -2.46. The zero-order valence-electron chi connectivity index (χ0n) is 12.0. The quantitative estimate of drug-likeness (QED) is 0.730. The number of hydrogen-bond acceptors (Lipinski definition) is 4. The van der Waals surface area contributed by atoms with E-state index in [1.807, 2.05) is 20.9 Å². The minimum absolute atomic E-state index is 0.230. The molecule has 1 saturated heterocycles. The van der Waals surface area contributed by atoms with E-state index in [-0.39, 0.29) is 5.54 Å². The van der Waals surface area contributed by atoms with E-state index in [1.165, 1.54) is 4.90 Å². The molecule has 1 heterocycles. The number of nitrogens with zero attached hydrogens (tertiary/aromatic N) is 3. The standard InChI is InChI=1S/C12H21N3O5/c1-12(2)8-14(5-4-13(12)3)11(20)15(6-9(16)17)7-10(18)19/h4-8H2,1-3H3,(H,16,17)(H,18,19). The Morgan fingerprint density at radius 3 is 2.00 bits per heavy atom. The van der Waals surface area contributed by atoms with Crippen LogP contribution in [-0.2, 0) is 9.59 Å². The van der Waals surface area contributed by atoms with Crippen LogP contribution in [0.25, 0.3) is 0 Å². The number of piperazine rings is 1. The van der Waals surface area contributed by atoms with Crippen LogP contribution in [0.3, 0.4) is 0 Å². The first-order valence-corrected chi connectivity index (χ1v) is 6.32. The van der Waals surface area contributed by atoms with Crippen molar-refractivity contribution < 1.29 is 24.6 Å². The number of carboxylic acid groups (broad SMARTS) is 2. The first kappa shape index (κ1) is 16.2. The van der Waals surface area contributed by atoms with Crippen molar-refractivity contribution in [3.05, 3.63) is 0 Å². The molecule has 1 aliphatic rings. The maximum absolute atomic E-state index is 12.3. The molecule has 1 fully saturated rings. The molecule has 0 aromatic heterocycles. The highest BCUT2D eigenvalue weighted by molar-refractivity contribution is 5.84. The Bertz CT molecular complexity index is 394. The van der Waals surface area contributed by atoms with Gasteiger partial charge in [0.15, 0.2) is 0 Å². The van der Waals surface area contributed by atoms with Crippen molar-refractivity contribution in [2.75, 3.05) is 39.8 Å². The smallest absolute Gasteiger partial charge is 0.323 e. The van der Waals surface area contributed by atoms with Crippen LogP contribution in [0.15, 0.2) is 0 Å². The van der Waals surface area contributed by atoms with E-state index in [1.54, 1.807) is 0 Å². The Balaban J connectivity index is 2.79. The third-order valence-electron chi connectivity index (χ3n) is 3.51. The summed E-state index contributed by atoms with van der Waals surface area (Å²) in [6.07, 6.45) is 0. The van der Waals surface area contributed by atoms with Crippen LogP contribution < -0.4 is 0 Å². The highest BCUT2D eigenvalue weighted by Crippen LogP contribution is 2.19. The lowest BCUT2D eigenvalue weighted by Crippen LogP contribution is -2.61. The summed E-state index contributed by atoms with van der Waals surface area (Å²) in [7, 11) is 1.95. The van der Waals surface area contributed by atoms with Crippen LogP contribution >= 0.6 is 0 Å². The van der Waals surface area contributed by atoms with E-state index < -0.39 is 31.1 Å². The second-order valence-electron chi connectivity index (χ2n) is 5.58. The van der Waals surface area contributed by atoms with Gasteiger partial charge in [-0.1, -0.05) is 0 Å². The molecule has 0 spiro atoms. The Hall–Kier alpha value is -1.83. The Morgan fingerprint density at radius 2 is 1.60 bits per heavy atom. The summed E-state index contributed by atoms with van der Waals surface area (Å²) < 4.78 is 0. The van der Waals surface area contributed by atoms with Gasteiger partial charge >= 0.3 is 18.0 Å². The van der Waals surface area contributed by atoms with Crippen molar-refractivity contribution in [3.63, 3.8) is 0 Å². The molecule has 0 aromatic carbocycles. The highest BCUT2D eigenvalue weighted by Gasteiger charge is 2.35. The van der Waals surface area contributed by atoms with Gasteiger partial charge in [0.2, 0.25) is 0 Å². The van der Waals surface area contributed by atoms with Crippen LogP contribution in [0.1, 0.15) is 13.8 Å². The summed E-state index contributed by atoms with van der Waals surface area (Å²) in [6.45, 7) is 4.27. The Labute approximate surface area is 117 Å². The lowest BCUT2D eigenvalue weighted by molar-refractivity contribution is -0.140. The average molecular weight is 287 g/mol. The molecule has 1 aliphatic heterocycles. The number of likely N-dealkylation sites (N-methyl/N-ethyl adjacent to an activating group) is 1. The minimum atomic E-state index is -1.23. The molecular weight excluding hydrogens is 266 g/mol. The molecule has 1 rings (SSSR count). The van der Waals surface area contributed by atoms with Crippen molar-refractivity contribution in [3.8, 4) is 0 Å². The normalized spacial score (nSPS) is 18.6. The minimum Gasteiger partial charge on any atom is -0.480 e. The molecule has 0 atom stereocenters. The van der Waals surface area contributed by atoms with E-state index in [4.69, 9.17) is 10.2 Å². The number of aliphatic carboxylic acids is 2. The molecule has 0 saturated carbocycles. The topological polar surface area (TPSA) is 101 Å². The number of carbonyl (C=O) groups excluding carboxylic acids is 1. The Morgan fingerprint density at radius 1 is 1.10 bits per heavy atom. The molecule has 2 amide bonds. The molecule has 2 N–H and O–H groups in total. The third kappa shape index (κ3) is 4.09. The van der Waals surface area contributed by atoms with Crippen molar-refractivity contribution in [2.45, 2.75) is 19.4 Å². The molecule has 0 radical (unpaired) electrons. The molecule has 0 bridgehead atoms. The van der Waals surface area contributed by atoms with Gasteiger partial charge < -0.3 is 20.0 Å². The van der Waals surface area contributed by atoms with Gasteiger partial charge in [0.05, 0.1) is 0 Å². The van der Waals surface area contributed by atoms with E-state index in [0.717, 1.165) is 4.90 Å². The lowest BCUT2D eigenvalue weighted by atomic mass is 10.00. The first-order chi connectivity index (χ1) is 9.13. The number of rotatable bonds is 4. The predicted molar refractivity (Wildman–Crippen MR) is 70.5 cm³/mol. The molecule has 114 valence electrons. The first-order valence-electron chi connectivity index (χ1n) is 6.32. The van der Waals surface area contributed by atoms with Crippen LogP contribution in [-0.4, -0.2) is 88.2 Å². The van der Waals surface area contributed by atoms with E-state index in [2.05, 4.69) is 4.90 Å². The third-order valence-corrected chi connectivity index (χ3v) is 3.51. The fourth-order valence-corrected chi connectivity index (χ4v) is 2.12. The van der Waals surface area contributed by atoms with Gasteiger partial charge in [-0.05, 0) is 20.9 Å². The van der Waals surface area contributed by atoms with Gasteiger partial charge in [-0.2, -0.15) is 0 Å². The zero-order valence-corrected chi connectivity index (χ0v) is 12.0. The number of hydrogen-bond donors (Lipinski definition) is 2. The van der Waals surface area contributed by atoms with E-state index in [9.17, 15) is 14.4 Å². The summed E-state index contributed by atoms with van der Waals surface area (Å²) >= 11 is 0. The average Bonchev–Trinajstić information content (AvgIpc) is 2.29. The monoisotopic (exact) mass is 287 g/mol. The number of carbonyl (C=O) groups is 3. The van der Waals surface area contributed by atoms with Gasteiger partial charge in [-0.15, -0.1) is 0 Å². The van der Waals surface area contributed by atoms with Gasteiger partial charge in [0.1, 0.15) is 13.1 Å². The van der Waals surface area contributed by atoms with Gasteiger partial charge in [-0.3, -0.25) is 14.5 Å². The summed E-state index contributed by atoms with van der Waals surface area (Å²) in [5, 5.41) is 17.6. The highest BCUT2D eigenvalue weighted by atomic mass is 16.4. The second kappa shape index (κ2) is 6.08. The van der Waals surface area contributed by atoms with Crippen molar-refractivity contribution >= 4 is 18.0 Å². The fourth-order valence-electron chi connectivity index (χ4n) is 2.12. The van der Waals surface area contributed by atoms with Gasteiger partial charge in [0.25, 0.3) is 0 Å². The number of carboxylic acids is 2. The van der Waals surface area contributed by atoms with Crippen molar-refractivity contribution in [2.24, 2.45) is 0 Å². The SMILES string of the molecule is CN1CCN(C(=O)N(CC(=O)O)CC(=O)O)CC1(C)C. The molecule has 0 unspecified atom stereocenters. The molecule has 8 heteroatoms. The fraction of sp³-hybridized carbons (Fsp3) is 0.750. The number of urea groups is 1. The molecule has 8 nitrogen and oxygen atoms in total. The summed E-state index contributed by atoms with van der Waals surface area (Å²) in [6, 6.07) is -0.545. The second-order valence-corrected chi connectivity index (χ2v) is 5.58. The maximum atomic E-state index is 12.3. The van der Waals surface area contributed by atoms with E-state index >= 15 is 0 Å². The van der Waals surface area contributed by atoms with Crippen molar-refractivity contribution in [1.82, 2.24) is 14.7 Å². The van der Waals surface area contributed by atoms with Crippen LogP contribution in [0.5, 0.6) is 0 Å². The molecule has 0 aliphatic carbocycles.